The molecule has 14 heavy (non-hydrogen) atoms. The monoisotopic (exact) mass is 207 g/mol. The summed E-state index contributed by atoms with van der Waals surface area (Å²) in [6.45, 7) is 0. The van der Waals surface area contributed by atoms with Crippen LogP contribution >= 0.6 is 11.3 Å². The fourth-order valence-electron chi connectivity index (χ4n) is 1.35. The van der Waals surface area contributed by atoms with Crippen LogP contribution in [-0.2, 0) is 7.05 Å². The van der Waals surface area contributed by atoms with Gasteiger partial charge >= 0.3 is 5.97 Å². The maximum Gasteiger partial charge on any atom is 0.352 e. The molecule has 0 aliphatic carbocycles. The predicted octanol–water partition coefficient (Wildman–Crippen LogP) is 2.45. The maximum absolute atomic E-state index is 10.8. The van der Waals surface area contributed by atoms with Crippen LogP contribution < -0.4 is 0 Å². The highest BCUT2D eigenvalue weighted by Crippen LogP contribution is 2.26. The molecule has 2 rings (SSSR count). The van der Waals surface area contributed by atoms with E-state index in [1.165, 1.54) is 0 Å². The van der Waals surface area contributed by atoms with Crippen molar-refractivity contribution in [2.24, 2.45) is 7.05 Å². The molecule has 0 radical (unpaired) electrons. The van der Waals surface area contributed by atoms with Gasteiger partial charge in [-0.05, 0) is 17.5 Å². The molecular weight excluding hydrogens is 198 g/mol. The molecule has 1 N–H and O–H groups in total. The van der Waals surface area contributed by atoms with E-state index in [1.54, 1.807) is 29.0 Å². The van der Waals surface area contributed by atoms with Gasteiger partial charge in [0.2, 0.25) is 0 Å². The molecule has 0 saturated carbocycles. The summed E-state index contributed by atoms with van der Waals surface area (Å²) in [5, 5.41) is 10.8. The average molecular weight is 207 g/mol. The van der Waals surface area contributed by atoms with E-state index >= 15 is 0 Å². The highest BCUT2D eigenvalue weighted by Gasteiger charge is 2.10. The molecule has 0 amide bonds. The van der Waals surface area contributed by atoms with Gasteiger partial charge in [0.15, 0.2) is 0 Å². The number of rotatable bonds is 2. The van der Waals surface area contributed by atoms with Gasteiger partial charge in [0.05, 0.1) is 0 Å². The molecule has 2 aromatic rings. The summed E-state index contributed by atoms with van der Waals surface area (Å²) in [5.74, 6) is -0.893. The Morgan fingerprint density at radius 2 is 2.36 bits per heavy atom. The third-order valence-electron chi connectivity index (χ3n) is 2.03. The Balaban J connectivity index is 2.48. The van der Waals surface area contributed by atoms with E-state index in [1.807, 2.05) is 23.7 Å². The molecule has 0 saturated heterocycles. The van der Waals surface area contributed by atoms with Crippen LogP contribution in [-0.4, -0.2) is 15.6 Å². The van der Waals surface area contributed by atoms with Crippen LogP contribution in [0.25, 0.3) is 10.4 Å². The van der Waals surface area contributed by atoms with Crippen LogP contribution in [0.4, 0.5) is 0 Å². The van der Waals surface area contributed by atoms with E-state index in [2.05, 4.69) is 0 Å². The summed E-state index contributed by atoms with van der Waals surface area (Å²) >= 11 is 1.60. The predicted molar refractivity (Wildman–Crippen MR) is 55.7 cm³/mol. The van der Waals surface area contributed by atoms with Gasteiger partial charge in [-0.3, -0.25) is 0 Å². The molecule has 0 aliphatic rings. The third-order valence-corrected chi connectivity index (χ3v) is 2.95. The number of hydrogen-bond donors (Lipinski definition) is 1. The van der Waals surface area contributed by atoms with Crippen molar-refractivity contribution >= 4 is 17.3 Å². The van der Waals surface area contributed by atoms with Gasteiger partial charge in [-0.1, -0.05) is 6.07 Å². The molecule has 2 aromatic heterocycles. The Hall–Kier alpha value is -1.55. The van der Waals surface area contributed by atoms with Gasteiger partial charge in [-0.15, -0.1) is 11.3 Å². The minimum Gasteiger partial charge on any atom is -0.477 e. The van der Waals surface area contributed by atoms with Gasteiger partial charge in [0.1, 0.15) is 5.69 Å². The number of carboxylic acids is 1. The van der Waals surface area contributed by atoms with Gasteiger partial charge in [-0.2, -0.15) is 0 Å². The lowest BCUT2D eigenvalue weighted by atomic mass is 10.2. The van der Waals surface area contributed by atoms with Crippen LogP contribution in [0.3, 0.4) is 0 Å². The van der Waals surface area contributed by atoms with Crippen molar-refractivity contribution in [3.63, 3.8) is 0 Å². The molecule has 2 heterocycles. The Bertz CT molecular complexity index is 456. The van der Waals surface area contributed by atoms with E-state index in [9.17, 15) is 4.79 Å². The molecular formula is C10H9NO2S. The fourth-order valence-corrected chi connectivity index (χ4v) is 2.06. The second kappa shape index (κ2) is 3.31. The Morgan fingerprint density at radius 1 is 1.57 bits per heavy atom. The lowest BCUT2D eigenvalue weighted by molar-refractivity contribution is 0.0686. The number of hydrogen-bond acceptors (Lipinski definition) is 2. The minimum absolute atomic E-state index is 0.313. The molecule has 0 unspecified atom stereocenters. The van der Waals surface area contributed by atoms with E-state index < -0.39 is 5.97 Å². The first-order valence-electron chi connectivity index (χ1n) is 4.12. The van der Waals surface area contributed by atoms with Crippen molar-refractivity contribution in [3.05, 3.63) is 35.5 Å². The number of nitrogens with zero attached hydrogens (tertiary/aromatic N) is 1. The molecule has 4 heteroatoms. The Labute approximate surface area is 85.2 Å². The van der Waals surface area contributed by atoms with E-state index in [0.29, 0.717) is 5.69 Å². The topological polar surface area (TPSA) is 42.2 Å². The van der Waals surface area contributed by atoms with Crippen molar-refractivity contribution in [3.8, 4) is 10.4 Å². The third kappa shape index (κ3) is 1.44. The van der Waals surface area contributed by atoms with Crippen LogP contribution in [0.5, 0.6) is 0 Å². The number of aromatic nitrogens is 1. The smallest absolute Gasteiger partial charge is 0.352 e. The molecule has 72 valence electrons. The van der Waals surface area contributed by atoms with Gasteiger partial charge in [-0.25, -0.2) is 4.79 Å². The summed E-state index contributed by atoms with van der Waals surface area (Å²) < 4.78 is 1.62. The fraction of sp³-hybridized carbons (Fsp3) is 0.100. The van der Waals surface area contributed by atoms with E-state index in [0.717, 1.165) is 10.4 Å². The first kappa shape index (κ1) is 9.02. The molecule has 0 fully saturated rings. The van der Waals surface area contributed by atoms with Gasteiger partial charge in [0, 0.05) is 23.7 Å². The van der Waals surface area contributed by atoms with Crippen molar-refractivity contribution in [2.45, 2.75) is 0 Å². The maximum atomic E-state index is 10.8. The quantitative estimate of drug-likeness (QED) is 0.821. The second-order valence-corrected chi connectivity index (χ2v) is 3.96. The van der Waals surface area contributed by atoms with Gasteiger partial charge < -0.3 is 9.67 Å². The standard InChI is InChI=1S/C10H9NO2S/c1-11-6-7(5-8(11)10(12)13)9-3-2-4-14-9/h2-6H,1H3,(H,12,13). The van der Waals surface area contributed by atoms with Crippen molar-refractivity contribution in [2.75, 3.05) is 0 Å². The molecule has 0 atom stereocenters. The minimum atomic E-state index is -0.893. The highest BCUT2D eigenvalue weighted by atomic mass is 32.1. The SMILES string of the molecule is Cn1cc(-c2cccs2)cc1C(=O)O. The van der Waals surface area contributed by atoms with Gasteiger partial charge in [0.25, 0.3) is 0 Å². The number of carbonyl (C=O) groups is 1. The summed E-state index contributed by atoms with van der Waals surface area (Å²) in [6, 6.07) is 5.62. The Morgan fingerprint density at radius 3 is 2.86 bits per heavy atom. The average Bonchev–Trinajstić information content (AvgIpc) is 2.70. The summed E-state index contributed by atoms with van der Waals surface area (Å²) in [6.07, 6.45) is 1.83. The first-order valence-corrected chi connectivity index (χ1v) is 5.00. The lowest BCUT2D eigenvalue weighted by Crippen LogP contribution is -2.02. The van der Waals surface area contributed by atoms with Crippen LogP contribution in [0.15, 0.2) is 29.8 Å². The van der Waals surface area contributed by atoms with Crippen molar-refractivity contribution in [1.82, 2.24) is 4.57 Å². The second-order valence-electron chi connectivity index (χ2n) is 3.01. The zero-order valence-corrected chi connectivity index (χ0v) is 8.41. The molecule has 3 nitrogen and oxygen atoms in total. The van der Waals surface area contributed by atoms with Crippen LogP contribution in [0.2, 0.25) is 0 Å². The number of carboxylic acid groups (broad SMARTS) is 1. The summed E-state index contributed by atoms with van der Waals surface area (Å²) in [5.41, 5.74) is 1.27. The normalized spacial score (nSPS) is 10.4. The molecule has 0 aliphatic heterocycles. The number of aromatic carboxylic acids is 1. The largest absolute Gasteiger partial charge is 0.477 e. The summed E-state index contributed by atoms with van der Waals surface area (Å²) in [4.78, 5) is 11.9. The van der Waals surface area contributed by atoms with Crippen LogP contribution in [0.1, 0.15) is 10.5 Å². The van der Waals surface area contributed by atoms with Crippen molar-refractivity contribution < 1.29 is 9.90 Å². The lowest BCUT2D eigenvalue weighted by Gasteiger charge is -1.93. The zero-order chi connectivity index (χ0) is 10.1. The number of thiophene rings is 1. The van der Waals surface area contributed by atoms with Crippen molar-refractivity contribution in [1.29, 1.82) is 0 Å². The summed E-state index contributed by atoms with van der Waals surface area (Å²) in [7, 11) is 1.74. The van der Waals surface area contributed by atoms with E-state index in [4.69, 9.17) is 5.11 Å². The molecule has 0 bridgehead atoms. The number of aryl methyl sites for hydroxylation is 1. The van der Waals surface area contributed by atoms with E-state index in [-0.39, 0.29) is 0 Å². The Kier molecular flexibility index (Phi) is 2.13. The molecule has 0 spiro atoms. The molecule has 0 aromatic carbocycles. The zero-order valence-electron chi connectivity index (χ0n) is 7.60. The van der Waals surface area contributed by atoms with Crippen LogP contribution in [0, 0.1) is 0 Å². The highest BCUT2D eigenvalue weighted by molar-refractivity contribution is 7.13. The first-order chi connectivity index (χ1) is 6.68.